The molecule has 1 aliphatic heterocycles. The van der Waals surface area contributed by atoms with E-state index in [1.807, 2.05) is 13.8 Å². The molecule has 0 aliphatic carbocycles. The summed E-state index contributed by atoms with van der Waals surface area (Å²) < 4.78 is 15.8. The van der Waals surface area contributed by atoms with Gasteiger partial charge in [0.25, 0.3) is 0 Å². The monoisotopic (exact) mass is 308 g/mol. The second-order valence-corrected chi connectivity index (χ2v) is 5.87. The van der Waals surface area contributed by atoms with Crippen LogP contribution in [0.4, 0.5) is 11.4 Å². The second kappa shape index (κ2) is 5.94. The Bertz CT molecular complexity index is 609. The molecule has 2 N–H and O–H groups in total. The number of nitrogen functional groups attached to an aromatic ring is 1. The van der Waals surface area contributed by atoms with E-state index in [9.17, 15) is 14.9 Å². The highest BCUT2D eigenvalue weighted by Crippen LogP contribution is 2.27. The Kier molecular flexibility index (Phi) is 4.38. The first-order valence-corrected chi connectivity index (χ1v) is 6.64. The summed E-state index contributed by atoms with van der Waals surface area (Å²) in [6.45, 7) is 4.91. The van der Waals surface area contributed by atoms with Gasteiger partial charge >= 0.3 is 18.8 Å². The molecule has 1 fully saturated rings. The molecule has 0 unspecified atom stereocenters. The minimum absolute atomic E-state index is 0.117. The van der Waals surface area contributed by atoms with Crippen LogP contribution in [0.5, 0.6) is 0 Å². The molecule has 1 saturated heterocycles. The van der Waals surface area contributed by atoms with Crippen molar-refractivity contribution in [3.8, 4) is 0 Å². The van der Waals surface area contributed by atoms with Crippen molar-refractivity contribution < 1.29 is 23.8 Å². The van der Waals surface area contributed by atoms with Gasteiger partial charge in [-0.15, -0.1) is 0 Å². The van der Waals surface area contributed by atoms with E-state index in [2.05, 4.69) is 4.74 Å². The molecule has 0 radical (unpaired) electrons. The summed E-state index contributed by atoms with van der Waals surface area (Å²) in [5.41, 5.74) is 5.20. The van der Waals surface area contributed by atoms with Gasteiger partial charge in [-0.3, -0.25) is 10.1 Å². The maximum Gasteiger partial charge on any atom is 0.494 e. The highest BCUT2D eigenvalue weighted by Gasteiger charge is 2.36. The molecule has 2 rings (SSSR count). The molecule has 0 amide bonds. The number of hydrogen-bond acceptors (Lipinski definition) is 7. The van der Waals surface area contributed by atoms with Crippen molar-refractivity contribution in [2.24, 2.45) is 5.41 Å². The van der Waals surface area contributed by atoms with E-state index < -0.39 is 23.7 Å². The van der Waals surface area contributed by atoms with Crippen molar-refractivity contribution >= 4 is 29.9 Å². The topological polar surface area (TPSA) is 114 Å². The van der Waals surface area contributed by atoms with Crippen LogP contribution in [-0.2, 0) is 14.0 Å². The normalized spacial score (nSPS) is 17.1. The first kappa shape index (κ1) is 16.2. The number of methoxy groups -OCH3 is 1. The number of nitro groups is 1. The number of hydrogen-bond donors (Lipinski definition) is 1. The maximum atomic E-state index is 11.8. The predicted octanol–water partition coefficient (Wildman–Crippen LogP) is 0.732. The third kappa shape index (κ3) is 3.20. The number of esters is 1. The molecule has 0 spiro atoms. The fraction of sp³-hybridized carbons (Fsp3) is 0.462. The van der Waals surface area contributed by atoms with E-state index in [1.165, 1.54) is 12.1 Å². The molecular formula is C13H17BN2O6. The number of anilines is 1. The molecule has 1 aromatic carbocycles. The molecule has 118 valence electrons. The van der Waals surface area contributed by atoms with Crippen LogP contribution in [0.3, 0.4) is 0 Å². The van der Waals surface area contributed by atoms with Crippen molar-refractivity contribution in [3.63, 3.8) is 0 Å². The number of ether oxygens (including phenoxy) is 1. The zero-order valence-electron chi connectivity index (χ0n) is 12.6. The summed E-state index contributed by atoms with van der Waals surface area (Å²) in [6.07, 6.45) is 0. The number of nitrogens with two attached hydrogens (primary N) is 1. The Hall–Kier alpha value is -2.13. The Labute approximate surface area is 127 Å². The SMILES string of the molecule is COC(=O)c1cc(B2OCC(C)(C)CO2)cc(N)c1[N+](=O)[O-]. The molecule has 0 bridgehead atoms. The lowest BCUT2D eigenvalue weighted by atomic mass is 9.75. The van der Waals surface area contributed by atoms with Gasteiger partial charge in [-0.1, -0.05) is 13.8 Å². The highest BCUT2D eigenvalue weighted by atomic mass is 16.6. The lowest BCUT2D eigenvalue weighted by Crippen LogP contribution is -2.47. The van der Waals surface area contributed by atoms with Gasteiger partial charge < -0.3 is 19.8 Å². The number of benzene rings is 1. The van der Waals surface area contributed by atoms with Gasteiger partial charge in [0.15, 0.2) is 0 Å². The molecule has 0 saturated carbocycles. The van der Waals surface area contributed by atoms with Crippen LogP contribution >= 0.6 is 0 Å². The van der Waals surface area contributed by atoms with Crippen molar-refractivity contribution in [3.05, 3.63) is 27.8 Å². The van der Waals surface area contributed by atoms with Gasteiger partial charge in [0.1, 0.15) is 11.3 Å². The summed E-state index contributed by atoms with van der Waals surface area (Å²) in [5.74, 6) is -0.837. The molecule has 1 heterocycles. The van der Waals surface area contributed by atoms with Crippen LogP contribution in [0.2, 0.25) is 0 Å². The van der Waals surface area contributed by atoms with E-state index in [1.54, 1.807) is 0 Å². The second-order valence-electron chi connectivity index (χ2n) is 5.87. The molecule has 9 heteroatoms. The maximum absolute atomic E-state index is 11.8. The van der Waals surface area contributed by atoms with Crippen LogP contribution in [0.15, 0.2) is 12.1 Å². The van der Waals surface area contributed by atoms with Crippen LogP contribution in [0.25, 0.3) is 0 Å². The molecule has 0 atom stereocenters. The largest absolute Gasteiger partial charge is 0.494 e. The van der Waals surface area contributed by atoms with Crippen LogP contribution in [0.1, 0.15) is 24.2 Å². The summed E-state index contributed by atoms with van der Waals surface area (Å²) in [6, 6.07) is 2.71. The van der Waals surface area contributed by atoms with Gasteiger partial charge in [-0.05, 0) is 17.6 Å². The van der Waals surface area contributed by atoms with Gasteiger partial charge in [-0.2, -0.15) is 0 Å². The molecule has 0 aromatic heterocycles. The Balaban J connectivity index is 2.40. The minimum atomic E-state index is -0.837. The number of carbonyl (C=O) groups is 1. The van der Waals surface area contributed by atoms with Crippen molar-refractivity contribution in [1.29, 1.82) is 0 Å². The van der Waals surface area contributed by atoms with Crippen LogP contribution in [-0.4, -0.2) is 38.3 Å². The summed E-state index contributed by atoms with van der Waals surface area (Å²) >= 11 is 0. The number of rotatable bonds is 3. The molecule has 8 nitrogen and oxygen atoms in total. The summed E-state index contributed by atoms with van der Waals surface area (Å²) in [7, 11) is 0.421. The van der Waals surface area contributed by atoms with Gasteiger partial charge in [0.2, 0.25) is 0 Å². The van der Waals surface area contributed by atoms with Crippen molar-refractivity contribution in [2.45, 2.75) is 13.8 Å². The molecule has 1 aromatic rings. The summed E-state index contributed by atoms with van der Waals surface area (Å²) in [5, 5.41) is 11.1. The first-order valence-electron chi connectivity index (χ1n) is 6.64. The zero-order chi connectivity index (χ0) is 16.5. The average Bonchev–Trinajstić information content (AvgIpc) is 2.45. The van der Waals surface area contributed by atoms with E-state index in [-0.39, 0.29) is 16.7 Å². The number of carbonyl (C=O) groups excluding carboxylic acids is 1. The van der Waals surface area contributed by atoms with E-state index in [4.69, 9.17) is 15.0 Å². The number of nitro benzene ring substituents is 1. The third-order valence-electron chi connectivity index (χ3n) is 3.27. The highest BCUT2D eigenvalue weighted by molar-refractivity contribution is 6.61. The summed E-state index contributed by atoms with van der Waals surface area (Å²) in [4.78, 5) is 22.1. The van der Waals surface area contributed by atoms with Crippen molar-refractivity contribution in [1.82, 2.24) is 0 Å². The quantitative estimate of drug-likeness (QED) is 0.288. The van der Waals surface area contributed by atoms with E-state index >= 15 is 0 Å². The zero-order valence-corrected chi connectivity index (χ0v) is 12.6. The van der Waals surface area contributed by atoms with Gasteiger partial charge in [0, 0.05) is 18.6 Å². The third-order valence-corrected chi connectivity index (χ3v) is 3.27. The Morgan fingerprint density at radius 1 is 1.41 bits per heavy atom. The van der Waals surface area contributed by atoms with Crippen LogP contribution in [0, 0.1) is 15.5 Å². The predicted molar refractivity (Wildman–Crippen MR) is 79.9 cm³/mol. The van der Waals surface area contributed by atoms with Crippen molar-refractivity contribution in [2.75, 3.05) is 26.1 Å². The van der Waals surface area contributed by atoms with Crippen LogP contribution < -0.4 is 11.2 Å². The number of nitrogens with zero attached hydrogens (tertiary/aromatic N) is 1. The van der Waals surface area contributed by atoms with Gasteiger partial charge in [0.05, 0.1) is 12.0 Å². The Morgan fingerprint density at radius 2 is 2.00 bits per heavy atom. The fourth-order valence-corrected chi connectivity index (χ4v) is 2.17. The fourth-order valence-electron chi connectivity index (χ4n) is 2.17. The van der Waals surface area contributed by atoms with E-state index in [0.29, 0.717) is 18.7 Å². The lowest BCUT2D eigenvalue weighted by molar-refractivity contribution is -0.384. The lowest BCUT2D eigenvalue weighted by Gasteiger charge is -2.33. The minimum Gasteiger partial charge on any atom is -0.465 e. The standard InChI is InChI=1S/C13H17BN2O6/c1-13(2)6-21-14(22-7-13)8-4-9(12(17)20-3)11(16(18)19)10(15)5-8/h4-5H,6-7,15H2,1-3H3. The first-order chi connectivity index (χ1) is 10.2. The molecular weight excluding hydrogens is 291 g/mol. The molecule has 1 aliphatic rings. The smallest absolute Gasteiger partial charge is 0.465 e. The average molecular weight is 308 g/mol. The molecule has 22 heavy (non-hydrogen) atoms. The Morgan fingerprint density at radius 3 is 2.50 bits per heavy atom. The van der Waals surface area contributed by atoms with Gasteiger partial charge in [-0.25, -0.2) is 4.79 Å². The van der Waals surface area contributed by atoms with E-state index in [0.717, 1.165) is 7.11 Å².